The minimum atomic E-state index is -0.948. The highest BCUT2D eigenvalue weighted by atomic mass is 79.9. The van der Waals surface area contributed by atoms with E-state index in [0.717, 1.165) is 6.42 Å². The van der Waals surface area contributed by atoms with Gasteiger partial charge in [-0.05, 0) is 70.9 Å². The second kappa shape index (κ2) is 7.09. The molecule has 6 N–H and O–H groups in total. The van der Waals surface area contributed by atoms with Crippen LogP contribution in [0.4, 0.5) is 16.0 Å². The number of fused-ring (bicyclic) bond motifs is 3. The number of pyridine rings is 1. The fraction of sp³-hybridized carbons (Fsp3) is 0.348. The van der Waals surface area contributed by atoms with Crippen LogP contribution < -0.4 is 11.5 Å². The second-order valence-electron chi connectivity index (χ2n) is 9.18. The summed E-state index contributed by atoms with van der Waals surface area (Å²) in [6, 6.07) is 6.43. The molecule has 10 heteroatoms. The van der Waals surface area contributed by atoms with Crippen molar-refractivity contribution in [2.45, 2.75) is 37.5 Å². The first-order valence-electron chi connectivity index (χ1n) is 10.8. The van der Waals surface area contributed by atoms with Crippen molar-refractivity contribution in [2.24, 2.45) is 11.3 Å². The molecule has 5 atom stereocenters. The third kappa shape index (κ3) is 2.97. The number of nitrogens with zero attached hydrogens (tertiary/aromatic N) is 4. The number of aliphatic hydroxyl groups is 2. The van der Waals surface area contributed by atoms with Crippen LogP contribution in [0.3, 0.4) is 0 Å². The Morgan fingerprint density at radius 2 is 2.00 bits per heavy atom. The van der Waals surface area contributed by atoms with Crippen LogP contribution in [-0.2, 0) is 6.42 Å². The Bertz CT molecular complexity index is 1430. The van der Waals surface area contributed by atoms with Crippen molar-refractivity contribution >= 4 is 49.5 Å². The molecule has 0 amide bonds. The van der Waals surface area contributed by atoms with Gasteiger partial charge in [-0.3, -0.25) is 0 Å². The zero-order valence-electron chi connectivity index (χ0n) is 17.5. The van der Waals surface area contributed by atoms with Gasteiger partial charge in [0.25, 0.3) is 0 Å². The van der Waals surface area contributed by atoms with Crippen molar-refractivity contribution in [3.63, 3.8) is 0 Å². The molecule has 4 aromatic rings. The van der Waals surface area contributed by atoms with Gasteiger partial charge in [-0.25, -0.2) is 19.3 Å². The Balaban J connectivity index is 1.29. The van der Waals surface area contributed by atoms with E-state index in [2.05, 4.69) is 30.9 Å². The lowest BCUT2D eigenvalue weighted by Crippen LogP contribution is -2.34. The number of hydrogen-bond acceptors (Lipinski definition) is 7. The minimum Gasteiger partial charge on any atom is -0.390 e. The van der Waals surface area contributed by atoms with Crippen LogP contribution in [0, 0.1) is 17.2 Å². The number of anilines is 2. The molecule has 2 saturated carbocycles. The fourth-order valence-electron chi connectivity index (χ4n) is 5.73. The quantitative estimate of drug-likeness (QED) is 0.330. The number of benzene rings is 1. The second-order valence-corrected chi connectivity index (χ2v) is 10.0. The van der Waals surface area contributed by atoms with Crippen LogP contribution in [0.5, 0.6) is 0 Å². The molecule has 33 heavy (non-hydrogen) atoms. The summed E-state index contributed by atoms with van der Waals surface area (Å²) in [7, 11) is 0. The van der Waals surface area contributed by atoms with Gasteiger partial charge in [0, 0.05) is 17.0 Å². The molecular formula is C23H22BrFN6O2. The van der Waals surface area contributed by atoms with Crippen molar-refractivity contribution in [3.8, 4) is 0 Å². The molecule has 2 aliphatic carbocycles. The molecule has 0 spiro atoms. The van der Waals surface area contributed by atoms with Crippen LogP contribution in [0.1, 0.15) is 24.4 Å². The fourth-order valence-corrected chi connectivity index (χ4v) is 6.06. The van der Waals surface area contributed by atoms with Crippen molar-refractivity contribution in [3.05, 3.63) is 52.6 Å². The summed E-state index contributed by atoms with van der Waals surface area (Å²) in [5.74, 6) is 0.466. The Morgan fingerprint density at radius 1 is 1.18 bits per heavy atom. The van der Waals surface area contributed by atoms with E-state index in [9.17, 15) is 14.6 Å². The summed E-state index contributed by atoms with van der Waals surface area (Å²) in [5, 5.41) is 23.3. The van der Waals surface area contributed by atoms with Crippen LogP contribution in [0.2, 0.25) is 0 Å². The third-order valence-corrected chi connectivity index (χ3v) is 8.17. The molecule has 0 bridgehead atoms. The van der Waals surface area contributed by atoms with E-state index >= 15 is 0 Å². The van der Waals surface area contributed by atoms with E-state index in [1.165, 1.54) is 12.4 Å². The van der Waals surface area contributed by atoms with Gasteiger partial charge in [0.2, 0.25) is 0 Å². The molecule has 0 radical (unpaired) electrons. The van der Waals surface area contributed by atoms with Crippen molar-refractivity contribution in [1.29, 1.82) is 0 Å². The molecule has 8 nitrogen and oxygen atoms in total. The van der Waals surface area contributed by atoms with Gasteiger partial charge in [-0.2, -0.15) is 0 Å². The molecule has 6 rings (SSSR count). The van der Waals surface area contributed by atoms with Gasteiger partial charge in [-0.15, -0.1) is 0 Å². The maximum Gasteiger partial charge on any atom is 0.145 e. The summed E-state index contributed by atoms with van der Waals surface area (Å²) in [6.45, 7) is 0. The molecular weight excluding hydrogens is 491 g/mol. The van der Waals surface area contributed by atoms with E-state index in [0.29, 0.717) is 56.4 Å². The number of aliphatic hydroxyl groups excluding tert-OH is 2. The van der Waals surface area contributed by atoms with E-state index in [1.54, 1.807) is 12.1 Å². The monoisotopic (exact) mass is 512 g/mol. The number of halogens is 2. The van der Waals surface area contributed by atoms with Crippen molar-refractivity contribution in [1.82, 2.24) is 19.5 Å². The molecule has 0 aliphatic heterocycles. The first-order chi connectivity index (χ1) is 15.8. The van der Waals surface area contributed by atoms with Crippen LogP contribution in [-0.4, -0.2) is 41.9 Å². The van der Waals surface area contributed by atoms with E-state index in [4.69, 9.17) is 11.5 Å². The first-order valence-corrected chi connectivity index (χ1v) is 11.6. The standard InChI is InChI=1S/C23H22BrFN6O2/c24-14-5-11-6-15(25)10(7-16(11)30-21(14)27)1-3-23-8-13(23)17(18(32)19(23)33)31-4-2-12-20(26)28-9-29-22(12)31/h2,4-7,9,13,17-19,32-33H,1,3,8H2,(H2,27,30)(H2,26,28,29)/t13-,17-,18+,19+,23+/m1/s1. The zero-order chi connectivity index (χ0) is 23.1. The maximum absolute atomic E-state index is 14.8. The van der Waals surface area contributed by atoms with Gasteiger partial charge in [0.15, 0.2) is 0 Å². The highest BCUT2D eigenvalue weighted by Crippen LogP contribution is 2.69. The predicted octanol–water partition coefficient (Wildman–Crippen LogP) is 2.96. The first kappa shape index (κ1) is 20.8. The largest absolute Gasteiger partial charge is 0.390 e. The summed E-state index contributed by atoms with van der Waals surface area (Å²) in [5.41, 5.74) is 13.2. The highest BCUT2D eigenvalue weighted by Gasteiger charge is 2.70. The summed E-state index contributed by atoms with van der Waals surface area (Å²) >= 11 is 3.32. The average molecular weight is 513 g/mol. The van der Waals surface area contributed by atoms with Crippen LogP contribution >= 0.6 is 15.9 Å². The molecule has 2 aliphatic rings. The zero-order valence-corrected chi connectivity index (χ0v) is 19.1. The van der Waals surface area contributed by atoms with Crippen LogP contribution in [0.15, 0.2) is 41.3 Å². The number of hydrogen-bond donors (Lipinski definition) is 4. The summed E-state index contributed by atoms with van der Waals surface area (Å²) in [4.78, 5) is 12.7. The Hall–Kier alpha value is -2.82. The number of aryl methyl sites for hydroxylation is 1. The molecule has 1 aromatic carbocycles. The normalized spacial score (nSPS) is 28.5. The molecule has 3 aromatic heterocycles. The number of nitrogen functional groups attached to an aromatic ring is 2. The van der Waals surface area contributed by atoms with Crippen molar-refractivity contribution < 1.29 is 14.6 Å². The highest BCUT2D eigenvalue weighted by molar-refractivity contribution is 9.10. The van der Waals surface area contributed by atoms with Gasteiger partial charge in [0.05, 0.1) is 27.5 Å². The number of aromatic nitrogens is 4. The lowest BCUT2D eigenvalue weighted by molar-refractivity contribution is -0.0192. The van der Waals surface area contributed by atoms with E-state index in [1.807, 2.05) is 16.8 Å². The van der Waals surface area contributed by atoms with E-state index < -0.39 is 17.6 Å². The Labute approximate surface area is 196 Å². The minimum absolute atomic E-state index is 0.0579. The average Bonchev–Trinajstić information content (AvgIpc) is 3.27. The molecule has 0 unspecified atom stereocenters. The predicted molar refractivity (Wildman–Crippen MR) is 126 cm³/mol. The molecule has 2 fully saturated rings. The third-order valence-electron chi connectivity index (χ3n) is 7.54. The Morgan fingerprint density at radius 3 is 2.82 bits per heavy atom. The Kier molecular flexibility index (Phi) is 4.46. The van der Waals surface area contributed by atoms with Crippen LogP contribution in [0.25, 0.3) is 21.9 Å². The SMILES string of the molecule is Nc1nc2cc(CC[C@]34C[C@@H]3[C@@H](n3ccc5c(N)ncnc53)[C@H](O)[C@@H]4O)c(F)cc2cc1Br. The van der Waals surface area contributed by atoms with Gasteiger partial charge >= 0.3 is 0 Å². The summed E-state index contributed by atoms with van der Waals surface area (Å²) < 4.78 is 17.4. The smallest absolute Gasteiger partial charge is 0.145 e. The van der Waals surface area contributed by atoms with Gasteiger partial charge in [0.1, 0.15) is 35.5 Å². The molecule has 0 saturated heterocycles. The van der Waals surface area contributed by atoms with Crippen molar-refractivity contribution in [2.75, 3.05) is 11.5 Å². The number of nitrogens with two attached hydrogens (primary N) is 2. The van der Waals surface area contributed by atoms with Gasteiger partial charge in [-0.1, -0.05) is 0 Å². The van der Waals surface area contributed by atoms with Gasteiger partial charge < -0.3 is 26.2 Å². The number of rotatable bonds is 4. The lowest BCUT2D eigenvalue weighted by atomic mass is 9.91. The molecule has 3 heterocycles. The molecule has 170 valence electrons. The maximum atomic E-state index is 14.8. The lowest BCUT2D eigenvalue weighted by Gasteiger charge is -2.24. The van der Waals surface area contributed by atoms with E-state index in [-0.39, 0.29) is 17.8 Å². The topological polar surface area (TPSA) is 136 Å². The summed E-state index contributed by atoms with van der Waals surface area (Å²) in [6.07, 6.45) is 3.11.